The minimum atomic E-state index is -0.546. The van der Waals surface area contributed by atoms with E-state index < -0.39 is 5.60 Å². The van der Waals surface area contributed by atoms with Gasteiger partial charge in [-0.15, -0.1) is 0 Å². The molecule has 144 valence electrons. The maximum absolute atomic E-state index is 9.48. The average Bonchev–Trinajstić information content (AvgIpc) is 2.61. The third-order valence-electron chi connectivity index (χ3n) is 5.21. The molecule has 1 fully saturated rings. The molecule has 1 aliphatic carbocycles. The van der Waals surface area contributed by atoms with Gasteiger partial charge in [-0.2, -0.15) is 0 Å². The van der Waals surface area contributed by atoms with Gasteiger partial charge < -0.3 is 10.2 Å². The zero-order chi connectivity index (χ0) is 18.5. The van der Waals surface area contributed by atoms with Crippen LogP contribution in [-0.4, -0.2) is 22.4 Å². The van der Waals surface area contributed by atoms with Gasteiger partial charge in [-0.25, -0.2) is 0 Å². The van der Waals surface area contributed by atoms with Gasteiger partial charge in [-0.05, 0) is 50.5 Å². The van der Waals surface area contributed by atoms with Gasteiger partial charge in [0.05, 0.1) is 5.60 Å². The van der Waals surface area contributed by atoms with Crippen molar-refractivity contribution in [1.82, 2.24) is 0 Å². The number of hydrogen-bond acceptors (Lipinski definition) is 2. The zero-order valence-electron chi connectivity index (χ0n) is 16.7. The summed E-state index contributed by atoms with van der Waals surface area (Å²) in [5.74, 6) is 1.53. The maximum atomic E-state index is 9.48. The summed E-state index contributed by atoms with van der Waals surface area (Å²) in [6.07, 6.45) is 13.0. The molecule has 0 aromatic heterocycles. The topological polar surface area (TPSA) is 40.5 Å². The van der Waals surface area contributed by atoms with Gasteiger partial charge in [0.2, 0.25) is 0 Å². The Morgan fingerprint density at radius 1 is 1.08 bits per heavy atom. The summed E-state index contributed by atoms with van der Waals surface area (Å²) in [7, 11) is 0. The standard InChI is InChI=1S/C12H24O.C11H16O/c1-11(10-13)6-5-9-12-7-3-2-4-8-12;1-11(2,12)9-8-10-6-4-3-5-7-10/h11-13H,2-10H2,1H3;3-7,12H,8-9H2,1-2H3. The number of rotatable bonds is 8. The van der Waals surface area contributed by atoms with Crippen LogP contribution >= 0.6 is 0 Å². The van der Waals surface area contributed by atoms with Crippen LogP contribution in [0.1, 0.15) is 84.1 Å². The minimum absolute atomic E-state index is 0.366. The second kappa shape index (κ2) is 12.5. The molecule has 0 bridgehead atoms. The summed E-state index contributed by atoms with van der Waals surface area (Å²) in [5.41, 5.74) is 0.746. The van der Waals surface area contributed by atoms with Crippen LogP contribution in [-0.2, 0) is 6.42 Å². The van der Waals surface area contributed by atoms with Crippen molar-refractivity contribution in [3.8, 4) is 0 Å². The fraction of sp³-hybridized carbons (Fsp3) is 0.739. The predicted octanol–water partition coefficient (Wildman–Crippen LogP) is 5.76. The van der Waals surface area contributed by atoms with Gasteiger partial charge >= 0.3 is 0 Å². The first-order valence-electron chi connectivity index (χ1n) is 10.3. The van der Waals surface area contributed by atoms with Crippen molar-refractivity contribution in [2.75, 3.05) is 6.61 Å². The molecule has 25 heavy (non-hydrogen) atoms. The van der Waals surface area contributed by atoms with Crippen molar-refractivity contribution in [2.45, 2.75) is 90.6 Å². The van der Waals surface area contributed by atoms with Crippen molar-refractivity contribution in [3.05, 3.63) is 35.9 Å². The Hall–Kier alpha value is -0.860. The molecule has 0 amide bonds. The lowest BCUT2D eigenvalue weighted by atomic mass is 9.85. The van der Waals surface area contributed by atoms with E-state index in [-0.39, 0.29) is 0 Å². The van der Waals surface area contributed by atoms with Crippen molar-refractivity contribution >= 4 is 0 Å². The van der Waals surface area contributed by atoms with Crippen LogP contribution in [0.25, 0.3) is 0 Å². The van der Waals surface area contributed by atoms with Gasteiger partial charge in [0.1, 0.15) is 0 Å². The van der Waals surface area contributed by atoms with Crippen LogP contribution in [0, 0.1) is 11.8 Å². The lowest BCUT2D eigenvalue weighted by Crippen LogP contribution is -2.19. The van der Waals surface area contributed by atoms with E-state index in [1.54, 1.807) is 0 Å². The van der Waals surface area contributed by atoms with E-state index in [9.17, 15) is 5.11 Å². The first-order chi connectivity index (χ1) is 11.9. The molecule has 2 rings (SSSR count). The number of aryl methyl sites for hydroxylation is 1. The smallest absolute Gasteiger partial charge is 0.0594 e. The highest BCUT2D eigenvalue weighted by molar-refractivity contribution is 5.14. The predicted molar refractivity (Wildman–Crippen MR) is 108 cm³/mol. The number of aliphatic hydroxyl groups is 2. The van der Waals surface area contributed by atoms with Crippen LogP contribution < -0.4 is 0 Å². The van der Waals surface area contributed by atoms with E-state index in [4.69, 9.17) is 5.11 Å². The number of aliphatic hydroxyl groups excluding tert-OH is 1. The molecular weight excluding hydrogens is 308 g/mol. The zero-order valence-corrected chi connectivity index (χ0v) is 16.7. The van der Waals surface area contributed by atoms with Gasteiger partial charge in [0.25, 0.3) is 0 Å². The van der Waals surface area contributed by atoms with Gasteiger partial charge in [-0.1, -0.05) is 82.2 Å². The second-order valence-corrected chi connectivity index (χ2v) is 8.52. The summed E-state index contributed by atoms with van der Waals surface area (Å²) in [5, 5.41) is 18.4. The third-order valence-corrected chi connectivity index (χ3v) is 5.21. The molecule has 2 heteroatoms. The Morgan fingerprint density at radius 2 is 1.72 bits per heavy atom. The second-order valence-electron chi connectivity index (χ2n) is 8.52. The highest BCUT2D eigenvalue weighted by atomic mass is 16.3. The van der Waals surface area contributed by atoms with Crippen LogP contribution in [0.5, 0.6) is 0 Å². The minimum Gasteiger partial charge on any atom is -0.396 e. The van der Waals surface area contributed by atoms with E-state index in [0.717, 1.165) is 18.8 Å². The summed E-state index contributed by atoms with van der Waals surface area (Å²) in [4.78, 5) is 0. The maximum Gasteiger partial charge on any atom is 0.0594 e. The summed E-state index contributed by atoms with van der Waals surface area (Å²) in [6, 6.07) is 10.2. The molecule has 2 nitrogen and oxygen atoms in total. The molecule has 1 aromatic rings. The molecule has 0 saturated heterocycles. The third kappa shape index (κ3) is 12.2. The molecule has 1 unspecified atom stereocenters. The first kappa shape index (κ1) is 22.2. The molecule has 1 saturated carbocycles. The molecular formula is C23H40O2. The monoisotopic (exact) mass is 348 g/mol. The molecule has 2 N–H and O–H groups in total. The van der Waals surface area contributed by atoms with Crippen LogP contribution in [0.3, 0.4) is 0 Å². The van der Waals surface area contributed by atoms with Crippen molar-refractivity contribution < 1.29 is 10.2 Å². The SMILES string of the molecule is CC(C)(O)CCc1ccccc1.CC(CO)CCCC1CCCCC1. The van der Waals surface area contributed by atoms with Crippen molar-refractivity contribution in [3.63, 3.8) is 0 Å². The lowest BCUT2D eigenvalue weighted by molar-refractivity contribution is 0.0714. The summed E-state index contributed by atoms with van der Waals surface area (Å²) < 4.78 is 0. The Labute approximate surface area is 155 Å². The Balaban J connectivity index is 0.000000251. The Bertz CT molecular complexity index is 415. The molecule has 1 aromatic carbocycles. The Kier molecular flexibility index (Phi) is 11.1. The lowest BCUT2D eigenvalue weighted by Gasteiger charge is -2.21. The summed E-state index contributed by atoms with van der Waals surface area (Å²) >= 11 is 0. The molecule has 0 aliphatic heterocycles. The van der Waals surface area contributed by atoms with E-state index in [1.165, 1.54) is 56.9 Å². The normalized spacial score (nSPS) is 16.8. The molecule has 0 spiro atoms. The summed E-state index contributed by atoms with van der Waals surface area (Å²) in [6.45, 7) is 6.19. The van der Waals surface area contributed by atoms with E-state index in [2.05, 4.69) is 19.1 Å². The van der Waals surface area contributed by atoms with Gasteiger partial charge in [-0.3, -0.25) is 0 Å². The average molecular weight is 349 g/mol. The fourth-order valence-corrected chi connectivity index (χ4v) is 3.42. The van der Waals surface area contributed by atoms with Gasteiger partial charge in [0, 0.05) is 6.61 Å². The molecule has 0 heterocycles. The highest BCUT2D eigenvalue weighted by Crippen LogP contribution is 2.28. The van der Waals surface area contributed by atoms with Crippen molar-refractivity contribution in [2.24, 2.45) is 11.8 Å². The number of hydrogen-bond donors (Lipinski definition) is 2. The molecule has 1 aliphatic rings. The van der Waals surface area contributed by atoms with E-state index in [1.807, 2.05) is 32.0 Å². The molecule has 1 atom stereocenters. The van der Waals surface area contributed by atoms with Crippen LogP contribution in [0.4, 0.5) is 0 Å². The largest absolute Gasteiger partial charge is 0.396 e. The fourth-order valence-electron chi connectivity index (χ4n) is 3.42. The van der Waals surface area contributed by atoms with E-state index in [0.29, 0.717) is 12.5 Å². The Morgan fingerprint density at radius 3 is 2.28 bits per heavy atom. The van der Waals surface area contributed by atoms with E-state index >= 15 is 0 Å². The molecule has 0 radical (unpaired) electrons. The van der Waals surface area contributed by atoms with Crippen LogP contribution in [0.2, 0.25) is 0 Å². The quantitative estimate of drug-likeness (QED) is 0.627. The number of benzene rings is 1. The first-order valence-corrected chi connectivity index (χ1v) is 10.3. The van der Waals surface area contributed by atoms with Crippen molar-refractivity contribution in [1.29, 1.82) is 0 Å². The highest BCUT2D eigenvalue weighted by Gasteiger charge is 2.13. The van der Waals surface area contributed by atoms with Crippen LogP contribution in [0.15, 0.2) is 30.3 Å². The van der Waals surface area contributed by atoms with Gasteiger partial charge in [0.15, 0.2) is 0 Å².